The van der Waals surface area contributed by atoms with E-state index in [-0.39, 0.29) is 16.9 Å². The Hall–Kier alpha value is -2.44. The molecule has 0 saturated heterocycles. The number of carboxylic acids is 1. The highest BCUT2D eigenvalue weighted by Crippen LogP contribution is 2.21. The van der Waals surface area contributed by atoms with Gasteiger partial charge in [-0.05, 0) is 22.0 Å². The largest absolute Gasteiger partial charge is 0.478 e. The normalized spacial score (nSPS) is 10.6. The number of hydrogen-bond acceptors (Lipinski definition) is 4. The Morgan fingerprint density at radius 1 is 1.62 bits per heavy atom. The zero-order valence-electron chi connectivity index (χ0n) is 8.25. The lowest BCUT2D eigenvalue weighted by molar-refractivity contribution is -0.387. The van der Waals surface area contributed by atoms with Crippen molar-refractivity contribution in [1.29, 1.82) is 0 Å². The first-order valence-electron chi connectivity index (χ1n) is 4.37. The molecule has 0 atom stereocenters. The van der Waals surface area contributed by atoms with Crippen molar-refractivity contribution in [3.05, 3.63) is 39.8 Å². The zero-order valence-corrected chi connectivity index (χ0v) is 8.25. The first-order chi connectivity index (χ1) is 7.50. The minimum atomic E-state index is -1.13. The first-order valence-corrected chi connectivity index (χ1v) is 4.37. The van der Waals surface area contributed by atoms with E-state index in [1.165, 1.54) is 22.7 Å². The fraction of sp³-hybridized carbons (Fsp3) is 0.111. The van der Waals surface area contributed by atoms with Gasteiger partial charge >= 0.3 is 11.8 Å². The molecule has 0 fully saturated rings. The highest BCUT2D eigenvalue weighted by molar-refractivity contribution is 5.89. The first kappa shape index (κ1) is 10.1. The third-order valence-corrected chi connectivity index (χ3v) is 2.22. The monoisotopic (exact) mass is 221 g/mol. The average molecular weight is 221 g/mol. The molecule has 2 aromatic rings. The number of carbonyl (C=O) groups is 1. The van der Waals surface area contributed by atoms with E-state index < -0.39 is 10.9 Å². The van der Waals surface area contributed by atoms with Crippen molar-refractivity contribution >= 4 is 17.3 Å². The molecule has 0 aliphatic carbocycles. The fourth-order valence-electron chi connectivity index (χ4n) is 1.49. The topological polar surface area (TPSA) is 97.7 Å². The van der Waals surface area contributed by atoms with Gasteiger partial charge in [0.2, 0.25) is 5.82 Å². The van der Waals surface area contributed by atoms with E-state index in [1.807, 2.05) is 0 Å². The van der Waals surface area contributed by atoms with Gasteiger partial charge in [-0.15, -0.1) is 0 Å². The van der Waals surface area contributed by atoms with Crippen LogP contribution in [0, 0.1) is 17.0 Å². The molecule has 0 aliphatic heterocycles. The number of pyridine rings is 1. The van der Waals surface area contributed by atoms with Gasteiger partial charge in [-0.3, -0.25) is 4.40 Å². The predicted octanol–water partition coefficient (Wildman–Crippen LogP) is 1.25. The number of nitrogens with zero attached hydrogens (tertiary/aromatic N) is 3. The number of fused-ring (bicyclic) bond motifs is 1. The van der Waals surface area contributed by atoms with E-state index in [0.29, 0.717) is 5.82 Å². The molecule has 2 aromatic heterocycles. The van der Waals surface area contributed by atoms with Crippen molar-refractivity contribution in [2.75, 3.05) is 0 Å². The van der Waals surface area contributed by atoms with Gasteiger partial charge in [0.05, 0.1) is 5.56 Å². The Kier molecular flexibility index (Phi) is 2.08. The number of aryl methyl sites for hydroxylation is 1. The van der Waals surface area contributed by atoms with Crippen molar-refractivity contribution in [3.8, 4) is 0 Å². The molecule has 7 heteroatoms. The van der Waals surface area contributed by atoms with Crippen LogP contribution in [0.4, 0.5) is 5.82 Å². The molecule has 0 aromatic carbocycles. The summed E-state index contributed by atoms with van der Waals surface area (Å²) >= 11 is 0. The second kappa shape index (κ2) is 3.30. The minimum absolute atomic E-state index is 0.00417. The fourth-order valence-corrected chi connectivity index (χ4v) is 1.49. The van der Waals surface area contributed by atoms with E-state index in [9.17, 15) is 14.9 Å². The molecule has 82 valence electrons. The van der Waals surface area contributed by atoms with E-state index in [4.69, 9.17) is 5.11 Å². The van der Waals surface area contributed by atoms with Crippen molar-refractivity contribution in [2.45, 2.75) is 6.92 Å². The predicted molar refractivity (Wildman–Crippen MR) is 53.5 cm³/mol. The number of hydrogen-bond donors (Lipinski definition) is 1. The smallest absolute Gasteiger partial charge is 0.389 e. The Balaban J connectivity index is 2.79. The molecular formula is C9H7N3O4. The molecule has 0 spiro atoms. The summed E-state index contributed by atoms with van der Waals surface area (Å²) in [7, 11) is 0. The SMILES string of the molecule is Cc1nc([N+](=O)[O-])c2cc(C(=O)O)ccn12. The number of carboxylic acid groups (broad SMARTS) is 1. The van der Waals surface area contributed by atoms with Crippen molar-refractivity contribution in [3.63, 3.8) is 0 Å². The molecule has 0 saturated carbocycles. The number of nitro groups is 1. The standard InChI is InChI=1S/C9H7N3O4/c1-5-10-8(12(15)16)7-4-6(9(13)14)2-3-11(5)7/h2-4H,1H3,(H,13,14). The van der Waals surface area contributed by atoms with Crippen LogP contribution in [-0.2, 0) is 0 Å². The third kappa shape index (κ3) is 1.38. The second-order valence-electron chi connectivity index (χ2n) is 3.22. The van der Waals surface area contributed by atoms with E-state index >= 15 is 0 Å². The molecule has 0 amide bonds. The molecule has 0 unspecified atom stereocenters. The Bertz CT molecular complexity index is 602. The maximum atomic E-state index is 10.7. The summed E-state index contributed by atoms with van der Waals surface area (Å²) in [6, 6.07) is 2.61. The third-order valence-electron chi connectivity index (χ3n) is 2.22. The van der Waals surface area contributed by atoms with Crippen LogP contribution in [0.25, 0.3) is 5.52 Å². The van der Waals surface area contributed by atoms with Crippen LogP contribution >= 0.6 is 0 Å². The van der Waals surface area contributed by atoms with E-state index in [1.54, 1.807) is 6.92 Å². The van der Waals surface area contributed by atoms with Crippen LogP contribution in [0.5, 0.6) is 0 Å². The molecule has 2 heterocycles. The van der Waals surface area contributed by atoms with Gasteiger partial charge in [0.15, 0.2) is 0 Å². The second-order valence-corrected chi connectivity index (χ2v) is 3.22. The van der Waals surface area contributed by atoms with Gasteiger partial charge in [-0.25, -0.2) is 4.79 Å². The van der Waals surface area contributed by atoms with Gasteiger partial charge in [0.1, 0.15) is 5.52 Å². The molecule has 0 aliphatic rings. The summed E-state index contributed by atoms with van der Waals surface area (Å²) in [4.78, 5) is 24.6. The molecule has 0 bridgehead atoms. The lowest BCUT2D eigenvalue weighted by atomic mass is 10.2. The Morgan fingerprint density at radius 3 is 2.88 bits per heavy atom. The maximum Gasteiger partial charge on any atom is 0.389 e. The summed E-state index contributed by atoms with van der Waals surface area (Å²) in [6.07, 6.45) is 1.45. The van der Waals surface area contributed by atoms with Crippen LogP contribution in [0.1, 0.15) is 16.2 Å². The van der Waals surface area contributed by atoms with Crippen LogP contribution < -0.4 is 0 Å². The summed E-state index contributed by atoms with van der Waals surface area (Å²) in [5, 5.41) is 19.5. The van der Waals surface area contributed by atoms with Gasteiger partial charge in [0.25, 0.3) is 0 Å². The number of imidazole rings is 1. The molecule has 7 nitrogen and oxygen atoms in total. The van der Waals surface area contributed by atoms with Crippen molar-refractivity contribution < 1.29 is 14.8 Å². The van der Waals surface area contributed by atoms with Crippen LogP contribution in [0.3, 0.4) is 0 Å². The zero-order chi connectivity index (χ0) is 11.9. The van der Waals surface area contributed by atoms with Crippen LogP contribution in [-0.4, -0.2) is 25.4 Å². The highest BCUT2D eigenvalue weighted by Gasteiger charge is 2.20. The number of rotatable bonds is 2. The van der Waals surface area contributed by atoms with E-state index in [0.717, 1.165) is 0 Å². The van der Waals surface area contributed by atoms with Gasteiger partial charge in [-0.2, -0.15) is 0 Å². The lowest BCUT2D eigenvalue weighted by Gasteiger charge is -1.96. The van der Waals surface area contributed by atoms with Gasteiger partial charge in [-0.1, -0.05) is 0 Å². The average Bonchev–Trinajstić information content (AvgIpc) is 2.56. The lowest BCUT2D eigenvalue weighted by Crippen LogP contribution is -1.98. The summed E-state index contributed by atoms with van der Waals surface area (Å²) in [5.74, 6) is -1.02. The molecule has 16 heavy (non-hydrogen) atoms. The van der Waals surface area contributed by atoms with Gasteiger partial charge in [0, 0.05) is 13.1 Å². The Labute approximate surface area is 89.1 Å². The molecule has 0 radical (unpaired) electrons. The van der Waals surface area contributed by atoms with Crippen LogP contribution in [0.15, 0.2) is 18.3 Å². The minimum Gasteiger partial charge on any atom is -0.478 e. The highest BCUT2D eigenvalue weighted by atomic mass is 16.6. The summed E-state index contributed by atoms with van der Waals surface area (Å²) in [6.45, 7) is 1.61. The molecule has 1 N–H and O–H groups in total. The summed E-state index contributed by atoms with van der Waals surface area (Å²) in [5.41, 5.74) is 0.179. The van der Waals surface area contributed by atoms with Gasteiger partial charge < -0.3 is 15.2 Å². The molecular weight excluding hydrogens is 214 g/mol. The molecule has 2 rings (SSSR count). The van der Waals surface area contributed by atoms with Crippen LogP contribution in [0.2, 0.25) is 0 Å². The number of aromatic carboxylic acids is 1. The maximum absolute atomic E-state index is 10.7. The summed E-state index contributed by atoms with van der Waals surface area (Å²) < 4.78 is 1.48. The Morgan fingerprint density at radius 2 is 2.31 bits per heavy atom. The van der Waals surface area contributed by atoms with Crippen molar-refractivity contribution in [1.82, 2.24) is 9.38 Å². The van der Waals surface area contributed by atoms with E-state index in [2.05, 4.69) is 4.98 Å². The van der Waals surface area contributed by atoms with Crippen molar-refractivity contribution in [2.24, 2.45) is 0 Å². The quantitative estimate of drug-likeness (QED) is 0.607. The number of aromatic nitrogens is 2.